The number of rotatable bonds is 16. The van der Waals surface area contributed by atoms with Gasteiger partial charge in [-0.15, -0.1) is 0 Å². The highest BCUT2D eigenvalue weighted by atomic mass is 16.5. The summed E-state index contributed by atoms with van der Waals surface area (Å²) in [6.45, 7) is 5.19. The van der Waals surface area contributed by atoms with Crippen LogP contribution in [0.5, 0.6) is 23.0 Å². The van der Waals surface area contributed by atoms with Crippen molar-refractivity contribution in [1.29, 1.82) is 0 Å². The number of hydrogen-bond donors (Lipinski definition) is 2. The Morgan fingerprint density at radius 1 is 0.344 bits per heavy atom. The van der Waals surface area contributed by atoms with E-state index in [9.17, 15) is 0 Å². The molecule has 5 heterocycles. The minimum absolute atomic E-state index is 0.481. The van der Waals surface area contributed by atoms with Crippen molar-refractivity contribution in [3.63, 3.8) is 0 Å². The van der Waals surface area contributed by atoms with Crippen LogP contribution in [0.3, 0.4) is 0 Å². The molecule has 2 aliphatic heterocycles. The first kappa shape index (κ1) is 42.6. The van der Waals surface area contributed by atoms with Crippen LogP contribution in [0.2, 0.25) is 0 Å². The van der Waals surface area contributed by atoms with Crippen molar-refractivity contribution >= 4 is 44.1 Å². The second-order valence-corrected chi connectivity index (χ2v) is 17.0. The smallest absolute Gasteiger partial charge is 0.164 e. The fourth-order valence-corrected chi connectivity index (χ4v) is 7.45. The highest BCUT2D eigenvalue weighted by Gasteiger charge is 2.24. The largest absolute Gasteiger partial charge is 0.492 e. The Balaban J connectivity index is 1.31. The summed E-state index contributed by atoms with van der Waals surface area (Å²) in [7, 11) is 16.2. The first-order valence-corrected chi connectivity index (χ1v) is 21.4. The quantitative estimate of drug-likeness (QED) is 0.107. The summed E-state index contributed by atoms with van der Waals surface area (Å²) >= 11 is 0. The summed E-state index contributed by atoms with van der Waals surface area (Å²) < 4.78 is 24.9. The van der Waals surface area contributed by atoms with Crippen LogP contribution < -0.4 is 18.9 Å². The lowest BCUT2D eigenvalue weighted by Gasteiger charge is -2.11. The van der Waals surface area contributed by atoms with E-state index in [4.69, 9.17) is 48.9 Å². The van der Waals surface area contributed by atoms with Gasteiger partial charge < -0.3 is 48.5 Å². The average Bonchev–Trinajstić information content (AvgIpc) is 3.98. The van der Waals surface area contributed by atoms with Gasteiger partial charge in [-0.05, 0) is 129 Å². The molecule has 3 aromatic heterocycles. The lowest BCUT2D eigenvalue weighted by Crippen LogP contribution is -2.19. The molecule has 16 heteroatoms. The van der Waals surface area contributed by atoms with Crippen LogP contribution in [0, 0.1) is 0 Å². The zero-order chi connectivity index (χ0) is 44.5. The molecule has 2 N–H and O–H groups in total. The fourth-order valence-electron chi connectivity index (χ4n) is 7.45. The zero-order valence-electron chi connectivity index (χ0n) is 37.7. The summed E-state index contributed by atoms with van der Waals surface area (Å²) in [6.07, 6.45) is 0. The Kier molecular flexibility index (Phi) is 12.1. The van der Waals surface area contributed by atoms with Gasteiger partial charge >= 0.3 is 0 Å². The minimum atomic E-state index is 0.481. The van der Waals surface area contributed by atoms with Crippen molar-refractivity contribution in [3.05, 3.63) is 72.8 Å². The molecule has 4 aromatic carbocycles. The highest BCUT2D eigenvalue weighted by Crippen LogP contribution is 2.40. The number of nitrogens with zero attached hydrogens (tertiary/aromatic N) is 10. The number of nitrogens with one attached hydrogen (secondary N) is 2. The van der Waals surface area contributed by atoms with Crippen LogP contribution in [-0.2, 0) is 0 Å². The predicted octanol–water partition coefficient (Wildman–Crippen LogP) is 6.63. The molecule has 16 nitrogen and oxygen atoms in total. The number of aromatic amines is 2. The number of hydrogen-bond acceptors (Lipinski definition) is 14. The van der Waals surface area contributed by atoms with Gasteiger partial charge in [0, 0.05) is 70.0 Å². The van der Waals surface area contributed by atoms with E-state index in [1.807, 2.05) is 129 Å². The Hall–Kier alpha value is -6.72. The van der Waals surface area contributed by atoms with Gasteiger partial charge in [0.2, 0.25) is 0 Å². The molecule has 9 rings (SSSR count). The Bertz CT molecular complexity index is 2810. The van der Waals surface area contributed by atoms with Gasteiger partial charge in [0.05, 0.1) is 0 Å². The predicted molar refractivity (Wildman–Crippen MR) is 252 cm³/mol. The first-order valence-electron chi connectivity index (χ1n) is 21.4. The van der Waals surface area contributed by atoms with Crippen molar-refractivity contribution in [2.75, 3.05) is 109 Å². The molecule has 330 valence electrons. The van der Waals surface area contributed by atoms with E-state index >= 15 is 0 Å². The van der Waals surface area contributed by atoms with Crippen LogP contribution in [0.4, 0.5) is 0 Å². The second kappa shape index (κ2) is 18.2. The number of H-pyrrole nitrogens is 2. The zero-order valence-corrected chi connectivity index (χ0v) is 37.7. The van der Waals surface area contributed by atoms with Crippen LogP contribution >= 0.6 is 0 Å². The number of ether oxygens (including phenoxy) is 4. The van der Waals surface area contributed by atoms with Gasteiger partial charge in [-0.2, -0.15) is 0 Å². The Labute approximate surface area is 371 Å². The Morgan fingerprint density at radius 3 is 0.984 bits per heavy atom. The van der Waals surface area contributed by atoms with Crippen molar-refractivity contribution in [1.82, 2.24) is 59.5 Å². The van der Waals surface area contributed by atoms with E-state index in [0.717, 1.165) is 81.5 Å². The van der Waals surface area contributed by atoms with E-state index in [-0.39, 0.29) is 0 Å². The fraction of sp³-hybridized carbons (Fsp3) is 0.333. The van der Waals surface area contributed by atoms with Gasteiger partial charge in [-0.1, -0.05) is 0 Å². The third-order valence-corrected chi connectivity index (χ3v) is 10.9. The molecule has 0 amide bonds. The van der Waals surface area contributed by atoms with Gasteiger partial charge in [-0.3, -0.25) is 0 Å². The molecular weight excluding hydrogens is 809 g/mol. The molecular formula is C48H54N12O4. The summed E-state index contributed by atoms with van der Waals surface area (Å²) in [5.74, 6) is 4.80. The van der Waals surface area contributed by atoms with E-state index in [1.54, 1.807) is 0 Å². The summed E-state index contributed by atoms with van der Waals surface area (Å²) in [5.41, 5.74) is 5.51. The lowest BCUT2D eigenvalue weighted by molar-refractivity contribution is 0.261. The lowest BCUT2D eigenvalue weighted by atomic mass is 10.1. The number of likely N-dealkylation sites (N-methyl/N-ethyl adjacent to an activating group) is 4. The molecule has 0 radical (unpaired) electrons. The van der Waals surface area contributed by atoms with Crippen molar-refractivity contribution in [2.24, 2.45) is 0 Å². The van der Waals surface area contributed by atoms with Crippen LogP contribution in [0.1, 0.15) is 0 Å². The summed E-state index contributed by atoms with van der Waals surface area (Å²) in [5, 5.41) is 3.32. The van der Waals surface area contributed by atoms with Crippen LogP contribution in [0.15, 0.2) is 72.8 Å². The molecule has 0 aliphatic carbocycles. The monoisotopic (exact) mass is 862 g/mol. The van der Waals surface area contributed by atoms with Crippen molar-refractivity contribution < 1.29 is 18.9 Å². The van der Waals surface area contributed by atoms with E-state index < -0.39 is 0 Å². The van der Waals surface area contributed by atoms with E-state index in [1.165, 1.54) is 0 Å². The minimum Gasteiger partial charge on any atom is -0.492 e. The standard InChI is InChI=1S/C48H54N12O4/c1-57(2)17-21-61-29-9-13-33-37(25-29)45-49-41(33)54-46-39-27-31(63-23-19-59(5)6)11-15-35(39)43(51-46)56-48-40-28-32(64-24-20-60(7)8)12-16-36(40)44(52-48)55-47-38-26-30(62-22-18-58(3)4)10-14-34(38)42(50-47)53-45/h9-16,25-28H,17-24H2,1-8H3,(H2,49,50,51,52,53,54,55,56). The molecule has 8 bridgehead atoms. The molecule has 0 saturated carbocycles. The molecule has 0 saturated heterocycles. The van der Waals surface area contributed by atoms with Crippen molar-refractivity contribution in [3.8, 4) is 68.5 Å². The van der Waals surface area contributed by atoms with E-state index in [0.29, 0.717) is 83.8 Å². The highest BCUT2D eigenvalue weighted by molar-refractivity contribution is 6.07. The molecule has 0 atom stereocenters. The third kappa shape index (κ3) is 9.17. The van der Waals surface area contributed by atoms with Gasteiger partial charge in [0.15, 0.2) is 23.3 Å². The summed E-state index contributed by atoms with van der Waals surface area (Å²) in [6, 6.07) is 23.8. The topological polar surface area (TPSA) is 159 Å². The maximum absolute atomic E-state index is 6.22. The van der Waals surface area contributed by atoms with Gasteiger partial charge in [0.25, 0.3) is 0 Å². The van der Waals surface area contributed by atoms with Crippen molar-refractivity contribution in [2.45, 2.75) is 0 Å². The third-order valence-electron chi connectivity index (χ3n) is 10.9. The SMILES string of the molecule is CN(C)CCOc1ccc2c(c1)-c1nc-2nc2[nH]c(nc3nc(nc4[nH]c(n1)c1ccc(OCCN(C)C)cc41)-c1ccc(OCCN(C)C)cc1-3)c1ccc(OCCN(C)C)cc21. The molecule has 0 spiro atoms. The molecule has 64 heavy (non-hydrogen) atoms. The maximum atomic E-state index is 6.22. The summed E-state index contributed by atoms with van der Waals surface area (Å²) in [4.78, 5) is 46.6. The van der Waals surface area contributed by atoms with E-state index in [2.05, 4.69) is 29.6 Å². The molecule has 0 unspecified atom stereocenters. The Morgan fingerprint density at radius 2 is 0.641 bits per heavy atom. The number of benzene rings is 4. The van der Waals surface area contributed by atoms with Crippen LogP contribution in [-0.4, -0.2) is 168 Å². The van der Waals surface area contributed by atoms with Gasteiger partial charge in [-0.25, -0.2) is 29.9 Å². The normalized spacial score (nSPS) is 12.2. The van der Waals surface area contributed by atoms with Crippen LogP contribution in [0.25, 0.3) is 89.7 Å². The maximum Gasteiger partial charge on any atom is 0.164 e. The number of aromatic nitrogens is 8. The average molecular weight is 863 g/mol. The molecule has 2 aliphatic rings. The molecule has 7 aromatic rings. The van der Waals surface area contributed by atoms with Gasteiger partial charge in [0.1, 0.15) is 72.0 Å². The second-order valence-electron chi connectivity index (χ2n) is 17.0. The molecule has 0 fully saturated rings. The first-order chi connectivity index (χ1) is 30.9. The number of fused-ring (bicyclic) bond motifs is 20.